The molecule has 0 amide bonds. The molecule has 0 aliphatic heterocycles. The monoisotopic (exact) mass is 208 g/mol. The first-order valence-corrected chi connectivity index (χ1v) is 5.58. The Balaban J connectivity index is 2.72. The summed E-state index contributed by atoms with van der Waals surface area (Å²) in [4.78, 5) is 1.19. The predicted molar refractivity (Wildman–Crippen MR) is 63.0 cm³/mol. The maximum atomic E-state index is 7.41. The topological polar surface area (TPSA) is 49.9 Å². The van der Waals surface area contributed by atoms with Crippen molar-refractivity contribution in [2.75, 3.05) is 0 Å². The molecule has 0 radical (unpaired) electrons. The zero-order valence-corrected chi connectivity index (χ0v) is 9.40. The maximum absolute atomic E-state index is 7.41. The molecule has 1 atom stereocenters. The lowest BCUT2D eigenvalue weighted by atomic mass is 10.2. The van der Waals surface area contributed by atoms with Crippen LogP contribution in [-0.4, -0.2) is 11.1 Å². The minimum Gasteiger partial charge on any atom is -0.387 e. The van der Waals surface area contributed by atoms with Gasteiger partial charge in [0.2, 0.25) is 0 Å². The third-order valence-corrected chi connectivity index (χ3v) is 3.38. The number of hydrogen-bond acceptors (Lipinski definition) is 2. The van der Waals surface area contributed by atoms with E-state index in [4.69, 9.17) is 11.1 Å². The molecule has 0 saturated heterocycles. The lowest BCUT2D eigenvalue weighted by molar-refractivity contribution is 0.991. The molecule has 0 saturated carbocycles. The van der Waals surface area contributed by atoms with E-state index in [2.05, 4.69) is 32.0 Å². The highest BCUT2D eigenvalue weighted by Crippen LogP contribution is 2.25. The summed E-state index contributed by atoms with van der Waals surface area (Å²) in [5.41, 5.74) is 6.74. The standard InChI is InChI=1S/C11H16N2S/c1-3-10(11(12)13)14-9-6-4-5-8(2)7-9/h4-7,10H,3H2,1-2H3,(H3,12,13). The molecule has 0 spiro atoms. The number of benzene rings is 1. The van der Waals surface area contributed by atoms with E-state index in [1.807, 2.05) is 6.07 Å². The normalized spacial score (nSPS) is 12.4. The quantitative estimate of drug-likeness (QED) is 0.454. The number of thioether (sulfide) groups is 1. The molecule has 14 heavy (non-hydrogen) atoms. The van der Waals surface area contributed by atoms with Crippen LogP contribution >= 0.6 is 11.8 Å². The second-order valence-corrected chi connectivity index (χ2v) is 4.56. The third kappa shape index (κ3) is 3.07. The minimum atomic E-state index is 0.108. The fourth-order valence-electron chi connectivity index (χ4n) is 1.22. The average Bonchev–Trinajstić information content (AvgIpc) is 2.14. The summed E-state index contributed by atoms with van der Waals surface area (Å²) < 4.78 is 0. The molecule has 0 fully saturated rings. The Bertz CT molecular complexity index is 323. The molecule has 3 N–H and O–H groups in total. The molecule has 1 unspecified atom stereocenters. The van der Waals surface area contributed by atoms with Gasteiger partial charge in [-0.2, -0.15) is 0 Å². The lowest BCUT2D eigenvalue weighted by Crippen LogP contribution is -2.23. The van der Waals surface area contributed by atoms with Gasteiger partial charge in [0.1, 0.15) is 5.84 Å². The number of aryl methyl sites for hydroxylation is 1. The molecular weight excluding hydrogens is 192 g/mol. The van der Waals surface area contributed by atoms with Crippen LogP contribution in [0, 0.1) is 12.3 Å². The van der Waals surface area contributed by atoms with Crippen LogP contribution in [0.4, 0.5) is 0 Å². The van der Waals surface area contributed by atoms with E-state index in [1.165, 1.54) is 10.5 Å². The van der Waals surface area contributed by atoms with Gasteiger partial charge in [-0.1, -0.05) is 24.6 Å². The van der Waals surface area contributed by atoms with Crippen LogP contribution in [-0.2, 0) is 0 Å². The SMILES string of the molecule is CCC(Sc1cccc(C)c1)C(=N)N. The largest absolute Gasteiger partial charge is 0.387 e. The number of amidine groups is 1. The Kier molecular flexibility index (Phi) is 4.01. The summed E-state index contributed by atoms with van der Waals surface area (Å²) >= 11 is 1.66. The first-order valence-electron chi connectivity index (χ1n) is 4.70. The third-order valence-electron chi connectivity index (χ3n) is 1.99. The molecule has 0 aliphatic carbocycles. The van der Waals surface area contributed by atoms with Gasteiger partial charge < -0.3 is 5.73 Å². The Morgan fingerprint density at radius 3 is 2.79 bits per heavy atom. The Morgan fingerprint density at radius 2 is 2.29 bits per heavy atom. The molecule has 1 aromatic carbocycles. The first-order chi connectivity index (χ1) is 6.63. The number of nitrogens with one attached hydrogen (secondary N) is 1. The average molecular weight is 208 g/mol. The van der Waals surface area contributed by atoms with Crippen molar-refractivity contribution >= 4 is 17.6 Å². The number of rotatable bonds is 4. The van der Waals surface area contributed by atoms with Gasteiger partial charge in [-0.3, -0.25) is 5.41 Å². The second-order valence-electron chi connectivity index (χ2n) is 3.29. The first kappa shape index (κ1) is 11.1. The van der Waals surface area contributed by atoms with Crippen molar-refractivity contribution in [2.45, 2.75) is 30.4 Å². The van der Waals surface area contributed by atoms with Crippen LogP contribution in [0.5, 0.6) is 0 Å². The Morgan fingerprint density at radius 1 is 1.57 bits per heavy atom. The van der Waals surface area contributed by atoms with Crippen LogP contribution in [0.2, 0.25) is 0 Å². The van der Waals surface area contributed by atoms with Gasteiger partial charge in [-0.25, -0.2) is 0 Å². The van der Waals surface area contributed by atoms with Crippen molar-refractivity contribution in [3.05, 3.63) is 29.8 Å². The van der Waals surface area contributed by atoms with Gasteiger partial charge >= 0.3 is 0 Å². The van der Waals surface area contributed by atoms with Crippen molar-refractivity contribution in [2.24, 2.45) is 5.73 Å². The summed E-state index contributed by atoms with van der Waals surface area (Å²) in [6.45, 7) is 4.12. The Hall–Kier alpha value is -0.960. The highest BCUT2D eigenvalue weighted by Gasteiger charge is 2.10. The molecule has 1 aromatic rings. The molecule has 0 bridgehead atoms. The fraction of sp³-hybridized carbons (Fsp3) is 0.364. The van der Waals surface area contributed by atoms with Gasteiger partial charge in [0.05, 0.1) is 5.25 Å². The van der Waals surface area contributed by atoms with Crippen molar-refractivity contribution < 1.29 is 0 Å². The molecular formula is C11H16N2S. The highest BCUT2D eigenvalue weighted by molar-refractivity contribution is 8.00. The maximum Gasteiger partial charge on any atom is 0.104 e. The molecule has 0 aromatic heterocycles. The van der Waals surface area contributed by atoms with Gasteiger partial charge in [-0.15, -0.1) is 11.8 Å². The predicted octanol–water partition coefficient (Wildman–Crippen LogP) is 2.80. The van der Waals surface area contributed by atoms with Crippen LogP contribution < -0.4 is 5.73 Å². The van der Waals surface area contributed by atoms with E-state index in [0.717, 1.165) is 6.42 Å². The van der Waals surface area contributed by atoms with Crippen molar-refractivity contribution in [3.8, 4) is 0 Å². The van der Waals surface area contributed by atoms with E-state index in [9.17, 15) is 0 Å². The lowest BCUT2D eigenvalue weighted by Gasteiger charge is -2.12. The molecule has 1 rings (SSSR count). The van der Waals surface area contributed by atoms with E-state index < -0.39 is 0 Å². The summed E-state index contributed by atoms with van der Waals surface area (Å²) in [5, 5.41) is 7.52. The zero-order valence-electron chi connectivity index (χ0n) is 8.58. The minimum absolute atomic E-state index is 0.108. The number of nitrogens with two attached hydrogens (primary N) is 1. The van der Waals surface area contributed by atoms with E-state index >= 15 is 0 Å². The van der Waals surface area contributed by atoms with Crippen molar-refractivity contribution in [1.29, 1.82) is 5.41 Å². The second kappa shape index (κ2) is 5.05. The van der Waals surface area contributed by atoms with Crippen molar-refractivity contribution in [3.63, 3.8) is 0 Å². The van der Waals surface area contributed by atoms with E-state index in [0.29, 0.717) is 0 Å². The molecule has 0 aliphatic rings. The van der Waals surface area contributed by atoms with Gasteiger partial charge in [0, 0.05) is 4.90 Å². The van der Waals surface area contributed by atoms with Crippen LogP contribution in [0.25, 0.3) is 0 Å². The summed E-state index contributed by atoms with van der Waals surface area (Å²) in [6, 6.07) is 8.28. The summed E-state index contributed by atoms with van der Waals surface area (Å²) in [7, 11) is 0. The summed E-state index contributed by atoms with van der Waals surface area (Å²) in [5.74, 6) is 0.263. The fourth-order valence-corrected chi connectivity index (χ4v) is 2.25. The van der Waals surface area contributed by atoms with Crippen LogP contribution in [0.15, 0.2) is 29.2 Å². The van der Waals surface area contributed by atoms with Crippen LogP contribution in [0.1, 0.15) is 18.9 Å². The van der Waals surface area contributed by atoms with E-state index in [1.54, 1.807) is 11.8 Å². The molecule has 2 nitrogen and oxygen atoms in total. The summed E-state index contributed by atoms with van der Waals surface area (Å²) in [6.07, 6.45) is 0.897. The smallest absolute Gasteiger partial charge is 0.104 e. The van der Waals surface area contributed by atoms with Crippen molar-refractivity contribution in [1.82, 2.24) is 0 Å². The molecule has 76 valence electrons. The zero-order chi connectivity index (χ0) is 10.6. The van der Waals surface area contributed by atoms with E-state index in [-0.39, 0.29) is 11.1 Å². The van der Waals surface area contributed by atoms with Gasteiger partial charge in [-0.05, 0) is 25.5 Å². The Labute approximate surface area is 89.4 Å². The van der Waals surface area contributed by atoms with Gasteiger partial charge in [0.25, 0.3) is 0 Å². The molecule has 3 heteroatoms. The number of hydrogen-bond donors (Lipinski definition) is 2. The van der Waals surface area contributed by atoms with Gasteiger partial charge in [0.15, 0.2) is 0 Å². The van der Waals surface area contributed by atoms with Crippen LogP contribution in [0.3, 0.4) is 0 Å². The molecule has 0 heterocycles. The highest BCUT2D eigenvalue weighted by atomic mass is 32.2.